The van der Waals surface area contributed by atoms with Crippen LogP contribution in [0, 0.1) is 5.41 Å². The minimum atomic E-state index is -0.522. The van der Waals surface area contributed by atoms with Gasteiger partial charge >= 0.3 is 0 Å². The third-order valence-electron chi connectivity index (χ3n) is 2.14. The third-order valence-corrected chi connectivity index (χ3v) is 2.14. The fourth-order valence-electron chi connectivity index (χ4n) is 1.27. The first-order valence-electron chi connectivity index (χ1n) is 5.58. The highest BCUT2D eigenvalue weighted by Crippen LogP contribution is 2.16. The lowest BCUT2D eigenvalue weighted by Crippen LogP contribution is -1.97. The number of benzene rings is 1. The molecule has 0 heterocycles. The average molecular weight is 216 g/mol. The Morgan fingerprint density at radius 3 is 2.25 bits per heavy atom. The Morgan fingerprint density at radius 2 is 1.69 bits per heavy atom. The predicted octanol–water partition coefficient (Wildman–Crippen LogP) is 3.88. The van der Waals surface area contributed by atoms with Gasteiger partial charge in [0.1, 0.15) is 0 Å². The standard InChI is InChI=1S/C15H20O/c1-15(2,3)12-8-7-11-14(16)13-9-5-4-6-10-13/h4-12,14,16H,1-3H3/b11-7-,12-8+. The lowest BCUT2D eigenvalue weighted by Gasteiger charge is -2.10. The zero-order valence-corrected chi connectivity index (χ0v) is 10.2. The van der Waals surface area contributed by atoms with Gasteiger partial charge in [-0.3, -0.25) is 0 Å². The highest BCUT2D eigenvalue weighted by Gasteiger charge is 2.03. The first-order chi connectivity index (χ1) is 7.49. The Hall–Kier alpha value is -1.34. The fraction of sp³-hybridized carbons (Fsp3) is 0.333. The summed E-state index contributed by atoms with van der Waals surface area (Å²) in [5.41, 5.74) is 1.10. The molecule has 0 aromatic heterocycles. The lowest BCUT2D eigenvalue weighted by atomic mass is 9.96. The fourth-order valence-corrected chi connectivity index (χ4v) is 1.27. The second-order valence-corrected chi connectivity index (χ2v) is 4.97. The molecule has 16 heavy (non-hydrogen) atoms. The maximum absolute atomic E-state index is 9.83. The Kier molecular flexibility index (Phi) is 4.51. The summed E-state index contributed by atoms with van der Waals surface area (Å²) in [6.07, 6.45) is 7.25. The summed E-state index contributed by atoms with van der Waals surface area (Å²) < 4.78 is 0. The van der Waals surface area contributed by atoms with Crippen molar-refractivity contribution in [2.24, 2.45) is 5.41 Å². The lowest BCUT2D eigenvalue weighted by molar-refractivity contribution is 0.228. The Bertz CT molecular complexity index is 355. The Morgan fingerprint density at radius 1 is 1.06 bits per heavy atom. The molecule has 1 heteroatoms. The van der Waals surface area contributed by atoms with Crippen LogP contribution in [0.2, 0.25) is 0 Å². The van der Waals surface area contributed by atoms with Gasteiger partial charge in [-0.05, 0) is 11.0 Å². The number of allylic oxidation sites excluding steroid dienone is 3. The minimum absolute atomic E-state index is 0.183. The van der Waals surface area contributed by atoms with E-state index in [4.69, 9.17) is 0 Å². The Balaban J connectivity index is 2.56. The van der Waals surface area contributed by atoms with Gasteiger partial charge in [0.25, 0.3) is 0 Å². The third kappa shape index (κ3) is 4.94. The van der Waals surface area contributed by atoms with Gasteiger partial charge in [-0.2, -0.15) is 0 Å². The van der Waals surface area contributed by atoms with E-state index in [-0.39, 0.29) is 5.41 Å². The van der Waals surface area contributed by atoms with Gasteiger partial charge in [0.15, 0.2) is 0 Å². The van der Waals surface area contributed by atoms with Gasteiger partial charge in [-0.25, -0.2) is 0 Å². The minimum Gasteiger partial charge on any atom is -0.384 e. The number of hydrogen-bond acceptors (Lipinski definition) is 1. The monoisotopic (exact) mass is 216 g/mol. The molecule has 0 spiro atoms. The summed E-state index contributed by atoms with van der Waals surface area (Å²) in [6, 6.07) is 9.64. The summed E-state index contributed by atoms with van der Waals surface area (Å²) in [4.78, 5) is 0. The van der Waals surface area contributed by atoms with Crippen LogP contribution in [0.15, 0.2) is 54.6 Å². The summed E-state index contributed by atoms with van der Waals surface area (Å²) in [7, 11) is 0. The molecule has 0 aliphatic heterocycles. The summed E-state index contributed by atoms with van der Waals surface area (Å²) >= 11 is 0. The molecular formula is C15H20O. The van der Waals surface area contributed by atoms with E-state index in [1.54, 1.807) is 6.08 Å². The van der Waals surface area contributed by atoms with Gasteiger partial charge in [0.2, 0.25) is 0 Å². The normalized spacial score (nSPS) is 14.8. The van der Waals surface area contributed by atoms with Crippen molar-refractivity contribution >= 4 is 0 Å². The molecule has 1 aromatic rings. The second kappa shape index (κ2) is 5.66. The average Bonchev–Trinajstić information content (AvgIpc) is 2.24. The zero-order valence-electron chi connectivity index (χ0n) is 10.2. The van der Waals surface area contributed by atoms with Crippen molar-refractivity contribution in [3.05, 3.63) is 60.2 Å². The smallest absolute Gasteiger partial charge is 0.0974 e. The molecule has 0 amide bonds. The van der Waals surface area contributed by atoms with Gasteiger partial charge in [0.05, 0.1) is 6.10 Å². The number of hydrogen-bond donors (Lipinski definition) is 1. The summed E-state index contributed by atoms with van der Waals surface area (Å²) in [5, 5.41) is 9.83. The van der Waals surface area contributed by atoms with Gasteiger partial charge in [0, 0.05) is 0 Å². The molecule has 0 fully saturated rings. The van der Waals surface area contributed by atoms with Crippen LogP contribution in [0.4, 0.5) is 0 Å². The molecule has 1 unspecified atom stereocenters. The molecular weight excluding hydrogens is 196 g/mol. The van der Waals surface area contributed by atoms with Gasteiger partial charge < -0.3 is 5.11 Å². The molecule has 1 N–H and O–H groups in total. The molecule has 1 rings (SSSR count). The maximum Gasteiger partial charge on any atom is 0.0974 e. The summed E-state index contributed by atoms with van der Waals surface area (Å²) in [5.74, 6) is 0. The van der Waals surface area contributed by atoms with E-state index in [0.29, 0.717) is 0 Å². The molecule has 0 saturated heterocycles. The van der Waals surface area contributed by atoms with Crippen LogP contribution < -0.4 is 0 Å². The molecule has 86 valence electrons. The molecule has 0 bridgehead atoms. The van der Waals surface area contributed by atoms with Crippen LogP contribution in [0.5, 0.6) is 0 Å². The Labute approximate surface area is 98.1 Å². The second-order valence-electron chi connectivity index (χ2n) is 4.97. The topological polar surface area (TPSA) is 20.2 Å². The van der Waals surface area contributed by atoms with Crippen molar-refractivity contribution in [2.75, 3.05) is 0 Å². The zero-order chi connectivity index (χ0) is 12.0. The van der Waals surface area contributed by atoms with Crippen LogP contribution in [0.1, 0.15) is 32.4 Å². The quantitative estimate of drug-likeness (QED) is 0.760. The highest BCUT2D eigenvalue weighted by molar-refractivity contribution is 5.22. The van der Waals surface area contributed by atoms with E-state index in [2.05, 4.69) is 26.8 Å². The van der Waals surface area contributed by atoms with E-state index in [9.17, 15) is 5.11 Å². The molecule has 0 aliphatic rings. The van der Waals surface area contributed by atoms with Crippen molar-refractivity contribution in [2.45, 2.75) is 26.9 Å². The van der Waals surface area contributed by atoms with E-state index >= 15 is 0 Å². The van der Waals surface area contributed by atoms with E-state index < -0.39 is 6.10 Å². The number of aliphatic hydroxyl groups is 1. The van der Waals surface area contributed by atoms with Gasteiger partial charge in [-0.15, -0.1) is 0 Å². The molecule has 1 nitrogen and oxygen atoms in total. The van der Waals surface area contributed by atoms with Crippen molar-refractivity contribution in [1.29, 1.82) is 0 Å². The highest BCUT2D eigenvalue weighted by atomic mass is 16.3. The SMILES string of the molecule is CC(C)(C)/C=C/C=C\C(O)c1ccccc1. The van der Waals surface area contributed by atoms with Crippen molar-refractivity contribution in [3.63, 3.8) is 0 Å². The van der Waals surface area contributed by atoms with E-state index in [1.807, 2.05) is 42.5 Å². The van der Waals surface area contributed by atoms with Crippen LogP contribution >= 0.6 is 0 Å². The van der Waals surface area contributed by atoms with E-state index in [0.717, 1.165) is 5.56 Å². The number of rotatable bonds is 3. The summed E-state index contributed by atoms with van der Waals surface area (Å²) in [6.45, 7) is 6.43. The van der Waals surface area contributed by atoms with Crippen LogP contribution in [-0.2, 0) is 0 Å². The maximum atomic E-state index is 9.83. The first-order valence-corrected chi connectivity index (χ1v) is 5.58. The molecule has 0 aliphatic carbocycles. The van der Waals surface area contributed by atoms with Gasteiger partial charge in [-0.1, -0.05) is 75.4 Å². The van der Waals surface area contributed by atoms with Crippen molar-refractivity contribution < 1.29 is 5.11 Å². The molecule has 1 aromatic carbocycles. The van der Waals surface area contributed by atoms with Crippen LogP contribution in [0.25, 0.3) is 0 Å². The molecule has 1 atom stereocenters. The molecule has 0 radical (unpaired) electrons. The van der Waals surface area contributed by atoms with E-state index in [1.165, 1.54) is 0 Å². The predicted molar refractivity (Wildman–Crippen MR) is 69.1 cm³/mol. The largest absolute Gasteiger partial charge is 0.384 e. The van der Waals surface area contributed by atoms with Crippen LogP contribution in [-0.4, -0.2) is 5.11 Å². The van der Waals surface area contributed by atoms with Crippen molar-refractivity contribution in [3.8, 4) is 0 Å². The number of aliphatic hydroxyl groups excluding tert-OH is 1. The molecule has 0 saturated carbocycles. The first kappa shape index (κ1) is 12.7. The van der Waals surface area contributed by atoms with Crippen LogP contribution in [0.3, 0.4) is 0 Å². The van der Waals surface area contributed by atoms with Crippen molar-refractivity contribution in [1.82, 2.24) is 0 Å².